The molecule has 1 unspecified atom stereocenters. The van der Waals surface area contributed by atoms with Gasteiger partial charge < -0.3 is 10.1 Å². The minimum Gasteiger partial charge on any atom is -0.469 e. The van der Waals surface area contributed by atoms with Crippen LogP contribution < -0.4 is 5.32 Å². The van der Waals surface area contributed by atoms with Crippen LogP contribution in [0.15, 0.2) is 65.6 Å². The molecule has 1 aliphatic carbocycles. The summed E-state index contributed by atoms with van der Waals surface area (Å²) in [5.74, 6) is 0.552. The lowest BCUT2D eigenvalue weighted by atomic mass is 9.88. The molecule has 3 atom stereocenters. The highest BCUT2D eigenvalue weighted by Crippen LogP contribution is 2.29. The summed E-state index contributed by atoms with van der Waals surface area (Å²) in [6.45, 7) is 3.03. The fourth-order valence-electron chi connectivity index (χ4n) is 6.16. The SMILES string of the molecule is COC(=O)[C@H]1CCN(CCC(CN(C)S(=O)(=O)c2ccccc2)c2ccccc2)[C@@H](NCC2CCCCC2)C1. The molecule has 2 aliphatic rings. The summed E-state index contributed by atoms with van der Waals surface area (Å²) < 4.78 is 33.1. The Morgan fingerprint density at radius 2 is 1.69 bits per heavy atom. The number of hydrogen-bond donors (Lipinski definition) is 1. The zero-order chi connectivity index (χ0) is 27.7. The van der Waals surface area contributed by atoms with Gasteiger partial charge in [0.25, 0.3) is 0 Å². The summed E-state index contributed by atoms with van der Waals surface area (Å²) in [6.07, 6.45) is 8.98. The number of likely N-dealkylation sites (tertiary alicyclic amines) is 1. The van der Waals surface area contributed by atoms with Gasteiger partial charge in [-0.2, -0.15) is 0 Å². The van der Waals surface area contributed by atoms with Gasteiger partial charge in [0.1, 0.15) is 0 Å². The number of likely N-dealkylation sites (N-methyl/N-ethyl adjacent to an activating group) is 1. The fourth-order valence-corrected chi connectivity index (χ4v) is 7.40. The third-order valence-electron chi connectivity index (χ3n) is 8.58. The van der Waals surface area contributed by atoms with Gasteiger partial charge >= 0.3 is 5.97 Å². The zero-order valence-corrected chi connectivity index (χ0v) is 24.3. The first-order valence-corrected chi connectivity index (χ1v) is 15.9. The molecule has 0 amide bonds. The molecular formula is C31H45N3O4S. The number of piperidine rings is 1. The number of esters is 1. The molecule has 8 heteroatoms. The van der Waals surface area contributed by atoms with E-state index in [1.54, 1.807) is 31.3 Å². The van der Waals surface area contributed by atoms with Gasteiger partial charge in [0.2, 0.25) is 10.0 Å². The average molecular weight is 556 g/mol. The Bertz CT molecular complexity index is 1120. The highest BCUT2D eigenvalue weighted by Gasteiger charge is 2.34. The maximum atomic E-state index is 13.3. The molecule has 0 aromatic heterocycles. The molecule has 4 rings (SSSR count). The fraction of sp³-hybridized carbons (Fsp3) is 0.581. The van der Waals surface area contributed by atoms with Crippen molar-refractivity contribution in [2.45, 2.75) is 68.3 Å². The number of hydrogen-bond acceptors (Lipinski definition) is 6. The molecule has 214 valence electrons. The van der Waals surface area contributed by atoms with Crippen molar-refractivity contribution >= 4 is 16.0 Å². The molecule has 1 N–H and O–H groups in total. The number of methoxy groups -OCH3 is 1. The van der Waals surface area contributed by atoms with Crippen molar-refractivity contribution in [1.29, 1.82) is 0 Å². The molecule has 1 saturated heterocycles. The van der Waals surface area contributed by atoms with Crippen molar-refractivity contribution in [3.05, 3.63) is 66.2 Å². The van der Waals surface area contributed by atoms with E-state index in [1.807, 2.05) is 24.3 Å². The predicted octanol–water partition coefficient (Wildman–Crippen LogP) is 4.86. The monoisotopic (exact) mass is 555 g/mol. The molecule has 1 heterocycles. The number of benzene rings is 2. The molecular weight excluding hydrogens is 510 g/mol. The summed E-state index contributed by atoms with van der Waals surface area (Å²) >= 11 is 0. The van der Waals surface area contributed by atoms with E-state index in [-0.39, 0.29) is 24.0 Å². The maximum Gasteiger partial charge on any atom is 0.308 e. The van der Waals surface area contributed by atoms with E-state index < -0.39 is 10.0 Å². The van der Waals surface area contributed by atoms with Gasteiger partial charge in [-0.15, -0.1) is 0 Å². The zero-order valence-electron chi connectivity index (χ0n) is 23.5. The van der Waals surface area contributed by atoms with E-state index in [9.17, 15) is 13.2 Å². The molecule has 2 aromatic carbocycles. The van der Waals surface area contributed by atoms with E-state index in [0.29, 0.717) is 17.4 Å². The lowest BCUT2D eigenvalue weighted by Gasteiger charge is -2.40. The number of sulfonamides is 1. The van der Waals surface area contributed by atoms with Gasteiger partial charge in [-0.1, -0.05) is 67.8 Å². The molecule has 1 aliphatic heterocycles. The van der Waals surface area contributed by atoms with E-state index in [4.69, 9.17) is 4.74 Å². The van der Waals surface area contributed by atoms with Crippen LogP contribution in [0, 0.1) is 11.8 Å². The molecule has 2 fully saturated rings. The number of carbonyl (C=O) groups is 1. The van der Waals surface area contributed by atoms with Crippen molar-refractivity contribution in [2.24, 2.45) is 11.8 Å². The van der Waals surface area contributed by atoms with Crippen LogP contribution in [0.4, 0.5) is 0 Å². The Labute approximate surface area is 235 Å². The summed E-state index contributed by atoms with van der Waals surface area (Å²) in [4.78, 5) is 15.2. The molecule has 0 bridgehead atoms. The van der Waals surface area contributed by atoms with Gasteiger partial charge in [0, 0.05) is 26.7 Å². The largest absolute Gasteiger partial charge is 0.469 e. The highest BCUT2D eigenvalue weighted by atomic mass is 32.2. The lowest BCUT2D eigenvalue weighted by Crippen LogP contribution is -2.53. The van der Waals surface area contributed by atoms with Crippen LogP contribution in [0.3, 0.4) is 0 Å². The topological polar surface area (TPSA) is 79.0 Å². The third kappa shape index (κ3) is 8.13. The van der Waals surface area contributed by atoms with E-state index in [0.717, 1.165) is 44.5 Å². The van der Waals surface area contributed by atoms with E-state index in [1.165, 1.54) is 43.5 Å². The van der Waals surface area contributed by atoms with Gasteiger partial charge in [0.15, 0.2) is 0 Å². The first-order chi connectivity index (χ1) is 18.9. The second kappa shape index (κ2) is 14.4. The smallest absolute Gasteiger partial charge is 0.308 e. The van der Waals surface area contributed by atoms with Crippen LogP contribution in [-0.2, 0) is 19.6 Å². The third-order valence-corrected chi connectivity index (χ3v) is 10.4. The standard InChI is InChI=1S/C31H45N3O4S/c1-33(39(36,37)29-16-10-5-11-17-29)24-28(26-14-8-4-9-15-26)19-21-34-20-18-27(31(35)38-2)22-30(34)32-23-25-12-6-3-7-13-25/h4-5,8-11,14-17,25,27-28,30,32H,3,6-7,12-13,18-24H2,1-2H3/t27-,28?,30+/m0/s1. The van der Waals surface area contributed by atoms with Gasteiger partial charge in [-0.05, 0) is 68.2 Å². The Hall–Kier alpha value is -2.26. The first-order valence-electron chi connectivity index (χ1n) is 14.5. The van der Waals surface area contributed by atoms with Crippen molar-refractivity contribution in [3.8, 4) is 0 Å². The summed E-state index contributed by atoms with van der Waals surface area (Å²) in [5.41, 5.74) is 1.14. The minimum atomic E-state index is -3.58. The average Bonchev–Trinajstić information content (AvgIpc) is 2.99. The quantitative estimate of drug-likeness (QED) is 0.377. The predicted molar refractivity (Wildman–Crippen MR) is 155 cm³/mol. The van der Waals surface area contributed by atoms with Crippen molar-refractivity contribution < 1.29 is 17.9 Å². The summed E-state index contributed by atoms with van der Waals surface area (Å²) in [7, 11) is -0.430. The number of carbonyl (C=O) groups excluding carboxylic acids is 1. The number of rotatable bonds is 12. The van der Waals surface area contributed by atoms with E-state index >= 15 is 0 Å². The second-order valence-corrected chi connectivity index (χ2v) is 13.2. The molecule has 1 saturated carbocycles. The van der Waals surface area contributed by atoms with Gasteiger partial charge in [-0.25, -0.2) is 12.7 Å². The number of nitrogens with one attached hydrogen (secondary N) is 1. The van der Waals surface area contributed by atoms with Crippen LogP contribution in [0.25, 0.3) is 0 Å². The van der Waals surface area contributed by atoms with Crippen LogP contribution in [0.2, 0.25) is 0 Å². The Morgan fingerprint density at radius 1 is 1.03 bits per heavy atom. The Balaban J connectivity index is 1.45. The summed E-state index contributed by atoms with van der Waals surface area (Å²) in [5, 5.41) is 3.81. The molecule has 39 heavy (non-hydrogen) atoms. The highest BCUT2D eigenvalue weighted by molar-refractivity contribution is 7.89. The van der Waals surface area contributed by atoms with Crippen LogP contribution in [0.5, 0.6) is 0 Å². The van der Waals surface area contributed by atoms with Crippen LogP contribution >= 0.6 is 0 Å². The molecule has 2 aromatic rings. The number of ether oxygens (including phenoxy) is 1. The molecule has 0 radical (unpaired) electrons. The van der Waals surface area contributed by atoms with E-state index in [2.05, 4.69) is 22.3 Å². The van der Waals surface area contributed by atoms with Crippen molar-refractivity contribution in [2.75, 3.05) is 40.3 Å². The van der Waals surface area contributed by atoms with Gasteiger partial charge in [-0.3, -0.25) is 9.69 Å². The Morgan fingerprint density at radius 3 is 2.36 bits per heavy atom. The number of nitrogens with zero attached hydrogens (tertiary/aromatic N) is 2. The van der Waals surface area contributed by atoms with Crippen molar-refractivity contribution in [1.82, 2.24) is 14.5 Å². The van der Waals surface area contributed by atoms with Crippen LogP contribution in [-0.4, -0.2) is 70.1 Å². The molecule has 0 spiro atoms. The normalized spacial score (nSPS) is 22.0. The van der Waals surface area contributed by atoms with Crippen molar-refractivity contribution in [3.63, 3.8) is 0 Å². The first kappa shape index (κ1) is 29.7. The Kier molecular flexibility index (Phi) is 11.0. The minimum absolute atomic E-state index is 0.0482. The summed E-state index contributed by atoms with van der Waals surface area (Å²) in [6, 6.07) is 18.9. The molecule has 7 nitrogen and oxygen atoms in total. The van der Waals surface area contributed by atoms with Gasteiger partial charge in [0.05, 0.1) is 24.1 Å². The maximum absolute atomic E-state index is 13.3. The lowest BCUT2D eigenvalue weighted by molar-refractivity contribution is -0.148. The second-order valence-electron chi connectivity index (χ2n) is 11.2. The van der Waals surface area contributed by atoms with Crippen LogP contribution in [0.1, 0.15) is 62.8 Å².